The Kier molecular flexibility index (Phi) is 4.99. The smallest absolute Gasteiger partial charge is 0.252 e. The van der Waals surface area contributed by atoms with E-state index in [4.69, 9.17) is 0 Å². The SMILES string of the molecule is CNCCC1CC2(CCN(c3cc4c(c(=O)[nH]3)CCCC4)CC2)c2ccccc21. The molecule has 4 nitrogen and oxygen atoms in total. The lowest BCUT2D eigenvalue weighted by molar-refractivity contribution is 0.309. The van der Waals surface area contributed by atoms with Crippen LogP contribution in [0.25, 0.3) is 0 Å². The summed E-state index contributed by atoms with van der Waals surface area (Å²) in [7, 11) is 2.05. The maximum absolute atomic E-state index is 12.6. The first kappa shape index (κ1) is 18.9. The summed E-state index contributed by atoms with van der Waals surface area (Å²) < 4.78 is 0. The van der Waals surface area contributed by atoms with Crippen LogP contribution in [0.1, 0.15) is 66.7 Å². The van der Waals surface area contributed by atoms with E-state index in [2.05, 4.69) is 52.6 Å². The number of hydrogen-bond acceptors (Lipinski definition) is 3. The van der Waals surface area contributed by atoms with Crippen LogP contribution in [-0.2, 0) is 18.3 Å². The van der Waals surface area contributed by atoms with Crippen molar-refractivity contribution in [3.8, 4) is 0 Å². The fraction of sp³-hybridized carbons (Fsp3) is 0.560. The van der Waals surface area contributed by atoms with E-state index < -0.39 is 0 Å². The average molecular weight is 392 g/mol. The van der Waals surface area contributed by atoms with Gasteiger partial charge in [-0.25, -0.2) is 0 Å². The van der Waals surface area contributed by atoms with E-state index >= 15 is 0 Å². The van der Waals surface area contributed by atoms with Gasteiger partial charge in [-0.15, -0.1) is 0 Å². The number of pyridine rings is 1. The molecule has 29 heavy (non-hydrogen) atoms. The predicted molar refractivity (Wildman–Crippen MR) is 119 cm³/mol. The van der Waals surface area contributed by atoms with Gasteiger partial charge in [0, 0.05) is 18.7 Å². The summed E-state index contributed by atoms with van der Waals surface area (Å²) in [5.41, 5.74) is 5.97. The van der Waals surface area contributed by atoms with Crippen molar-refractivity contribution >= 4 is 5.82 Å². The highest BCUT2D eigenvalue weighted by Crippen LogP contribution is 2.52. The van der Waals surface area contributed by atoms with E-state index in [9.17, 15) is 4.79 Å². The zero-order valence-corrected chi connectivity index (χ0v) is 17.6. The van der Waals surface area contributed by atoms with E-state index in [1.165, 1.54) is 37.7 Å². The summed E-state index contributed by atoms with van der Waals surface area (Å²) in [4.78, 5) is 18.2. The summed E-state index contributed by atoms with van der Waals surface area (Å²) in [6.45, 7) is 3.14. The second kappa shape index (κ2) is 7.64. The van der Waals surface area contributed by atoms with Crippen molar-refractivity contribution in [3.05, 3.63) is 62.9 Å². The van der Waals surface area contributed by atoms with Crippen molar-refractivity contribution in [2.45, 2.75) is 62.7 Å². The Bertz CT molecular complexity index is 939. The Morgan fingerprint density at radius 2 is 1.97 bits per heavy atom. The molecule has 4 heteroatoms. The zero-order chi connectivity index (χ0) is 19.8. The predicted octanol–water partition coefficient (Wildman–Crippen LogP) is 3.89. The minimum atomic E-state index is 0.149. The molecule has 1 fully saturated rings. The first-order valence-corrected chi connectivity index (χ1v) is 11.4. The Balaban J connectivity index is 1.37. The van der Waals surface area contributed by atoms with Crippen molar-refractivity contribution in [2.24, 2.45) is 0 Å². The van der Waals surface area contributed by atoms with Crippen LogP contribution in [0.3, 0.4) is 0 Å². The van der Waals surface area contributed by atoms with Crippen LogP contribution in [0.4, 0.5) is 5.82 Å². The number of rotatable bonds is 4. The molecule has 1 aliphatic heterocycles. The minimum Gasteiger partial charge on any atom is -0.358 e. The largest absolute Gasteiger partial charge is 0.358 e. The van der Waals surface area contributed by atoms with Crippen LogP contribution in [0.2, 0.25) is 0 Å². The number of aromatic amines is 1. The lowest BCUT2D eigenvalue weighted by Gasteiger charge is -2.41. The molecule has 0 saturated carbocycles. The second-order valence-corrected chi connectivity index (χ2v) is 9.34. The standard InChI is InChI=1S/C25H33N3O/c1-26-13-10-19-17-25(22-9-5-4-7-20(19)22)11-14-28(15-12-25)23-16-18-6-2-3-8-21(18)24(29)27-23/h4-5,7,9,16,19,26H,2-3,6,8,10-15,17H2,1H3,(H,27,29). The molecule has 1 atom stereocenters. The van der Waals surface area contributed by atoms with E-state index in [1.807, 2.05) is 0 Å². The van der Waals surface area contributed by atoms with Crippen molar-refractivity contribution in [1.82, 2.24) is 10.3 Å². The maximum Gasteiger partial charge on any atom is 0.252 e. The van der Waals surface area contributed by atoms with Gasteiger partial charge in [0.15, 0.2) is 0 Å². The third-order valence-corrected chi connectivity index (χ3v) is 7.75. The number of aromatic nitrogens is 1. The van der Waals surface area contributed by atoms with Crippen molar-refractivity contribution in [2.75, 3.05) is 31.6 Å². The van der Waals surface area contributed by atoms with Crippen molar-refractivity contribution < 1.29 is 0 Å². The van der Waals surface area contributed by atoms with Gasteiger partial charge < -0.3 is 15.2 Å². The first-order chi connectivity index (χ1) is 14.2. The third kappa shape index (κ3) is 3.31. The van der Waals surface area contributed by atoms with Gasteiger partial charge in [0.05, 0.1) is 0 Å². The summed E-state index contributed by atoms with van der Waals surface area (Å²) in [6, 6.07) is 11.4. The van der Waals surface area contributed by atoms with Crippen LogP contribution in [0.15, 0.2) is 35.1 Å². The van der Waals surface area contributed by atoms with Gasteiger partial charge in [-0.05, 0) is 99.0 Å². The number of fused-ring (bicyclic) bond motifs is 3. The minimum absolute atomic E-state index is 0.149. The van der Waals surface area contributed by atoms with Crippen LogP contribution in [0.5, 0.6) is 0 Å². The van der Waals surface area contributed by atoms with E-state index in [0.29, 0.717) is 11.3 Å². The molecule has 2 heterocycles. The lowest BCUT2D eigenvalue weighted by atomic mass is 9.73. The van der Waals surface area contributed by atoms with Crippen LogP contribution < -0.4 is 15.8 Å². The quantitative estimate of drug-likeness (QED) is 0.831. The molecule has 2 aliphatic carbocycles. The Morgan fingerprint density at radius 1 is 1.17 bits per heavy atom. The summed E-state index contributed by atoms with van der Waals surface area (Å²) in [6.07, 6.45) is 9.22. The Morgan fingerprint density at radius 3 is 2.79 bits per heavy atom. The number of nitrogens with one attached hydrogen (secondary N) is 2. The molecule has 154 valence electrons. The number of hydrogen-bond donors (Lipinski definition) is 2. The first-order valence-electron chi connectivity index (χ1n) is 11.4. The van der Waals surface area contributed by atoms with Crippen molar-refractivity contribution in [1.29, 1.82) is 0 Å². The van der Waals surface area contributed by atoms with Gasteiger partial charge in [-0.3, -0.25) is 4.79 Å². The molecule has 1 spiro atoms. The molecule has 2 N–H and O–H groups in total. The summed E-state index contributed by atoms with van der Waals surface area (Å²) >= 11 is 0. The fourth-order valence-corrected chi connectivity index (χ4v) is 6.16. The van der Waals surface area contributed by atoms with Gasteiger partial charge in [0.25, 0.3) is 5.56 Å². The molecule has 1 unspecified atom stereocenters. The monoisotopic (exact) mass is 391 g/mol. The van der Waals surface area contributed by atoms with Gasteiger partial charge in [0.1, 0.15) is 5.82 Å². The summed E-state index contributed by atoms with van der Waals surface area (Å²) in [5, 5.41) is 3.33. The lowest BCUT2D eigenvalue weighted by Crippen LogP contribution is -2.42. The molecule has 1 aromatic heterocycles. The average Bonchev–Trinajstić information content (AvgIpc) is 3.06. The molecule has 1 aromatic carbocycles. The number of anilines is 1. The van der Waals surface area contributed by atoms with E-state index in [-0.39, 0.29) is 5.56 Å². The van der Waals surface area contributed by atoms with E-state index in [1.54, 1.807) is 11.1 Å². The molecule has 0 amide bonds. The Hall–Kier alpha value is -2.07. The van der Waals surface area contributed by atoms with Crippen LogP contribution in [0, 0.1) is 0 Å². The fourth-order valence-electron chi connectivity index (χ4n) is 6.16. The molecule has 2 aromatic rings. The highest BCUT2D eigenvalue weighted by Gasteiger charge is 2.45. The molecular formula is C25H33N3O. The molecule has 1 saturated heterocycles. The molecule has 3 aliphatic rings. The molecular weight excluding hydrogens is 358 g/mol. The maximum atomic E-state index is 12.6. The van der Waals surface area contributed by atoms with Gasteiger partial charge >= 0.3 is 0 Å². The number of piperidine rings is 1. The number of nitrogens with zero attached hydrogens (tertiary/aromatic N) is 1. The highest BCUT2D eigenvalue weighted by molar-refractivity contribution is 5.48. The third-order valence-electron chi connectivity index (χ3n) is 7.75. The highest BCUT2D eigenvalue weighted by atomic mass is 16.1. The normalized spacial score (nSPS) is 22.5. The molecule has 0 bridgehead atoms. The molecule has 0 radical (unpaired) electrons. The second-order valence-electron chi connectivity index (χ2n) is 9.34. The van der Waals surface area contributed by atoms with Gasteiger partial charge in [-0.2, -0.15) is 0 Å². The van der Waals surface area contributed by atoms with Crippen molar-refractivity contribution in [3.63, 3.8) is 0 Å². The summed E-state index contributed by atoms with van der Waals surface area (Å²) in [5.74, 6) is 1.72. The topological polar surface area (TPSA) is 48.1 Å². The van der Waals surface area contributed by atoms with Crippen LogP contribution >= 0.6 is 0 Å². The van der Waals surface area contributed by atoms with Gasteiger partial charge in [0.2, 0.25) is 0 Å². The Labute approximate surface area is 173 Å². The van der Waals surface area contributed by atoms with Crippen LogP contribution in [-0.4, -0.2) is 31.7 Å². The van der Waals surface area contributed by atoms with E-state index in [0.717, 1.165) is 50.3 Å². The zero-order valence-electron chi connectivity index (χ0n) is 17.6. The number of aryl methyl sites for hydroxylation is 1. The number of benzene rings is 1. The number of H-pyrrole nitrogens is 1. The molecule has 5 rings (SSSR count). The van der Waals surface area contributed by atoms with Gasteiger partial charge in [-0.1, -0.05) is 24.3 Å².